The lowest BCUT2D eigenvalue weighted by molar-refractivity contribution is 0.0961. The summed E-state index contributed by atoms with van der Waals surface area (Å²) in [5.41, 5.74) is -1.10. The van der Waals surface area contributed by atoms with E-state index >= 15 is 0 Å². The van der Waals surface area contributed by atoms with E-state index < -0.39 is 28.7 Å². The molecule has 1 heterocycles. The second-order valence-electron chi connectivity index (χ2n) is 5.18. The average molecular weight is 344 g/mol. The van der Waals surface area contributed by atoms with Crippen LogP contribution in [-0.2, 0) is 0 Å². The van der Waals surface area contributed by atoms with Gasteiger partial charge in [0.05, 0.1) is 11.4 Å². The third kappa shape index (κ3) is 3.57. The molecule has 1 aromatic carbocycles. The van der Waals surface area contributed by atoms with Gasteiger partial charge in [0.15, 0.2) is 5.78 Å². The Labute approximate surface area is 142 Å². The Morgan fingerprint density at radius 2 is 1.84 bits per heavy atom. The van der Waals surface area contributed by atoms with Crippen molar-refractivity contribution in [1.29, 1.82) is 0 Å². The van der Waals surface area contributed by atoms with Gasteiger partial charge >= 0.3 is 5.63 Å². The summed E-state index contributed by atoms with van der Waals surface area (Å²) in [6.45, 7) is 2.54. The summed E-state index contributed by atoms with van der Waals surface area (Å²) in [5.74, 6) is -2.63. The smallest absolute Gasteiger partial charge is 0.351 e. The second-order valence-corrected chi connectivity index (χ2v) is 5.18. The number of hydrogen-bond donors (Lipinski definition) is 3. The number of hydrogen-bond acceptors (Lipinski definition) is 7. The fourth-order valence-corrected chi connectivity index (χ4v) is 2.26. The highest BCUT2D eigenvalue weighted by molar-refractivity contribution is 6.07. The number of Topliss-reactive ketones (excluding diaryl/α,β-unsaturated/α-hetero) is 1. The van der Waals surface area contributed by atoms with Crippen molar-refractivity contribution in [2.45, 2.75) is 13.8 Å². The SMILES string of the molecule is CNC(=O)c1cccc(N=C(C)c2c(O)c(C(C)=O)c(O)oc2=O)c1. The maximum Gasteiger partial charge on any atom is 0.351 e. The highest BCUT2D eigenvalue weighted by Crippen LogP contribution is 2.29. The summed E-state index contributed by atoms with van der Waals surface area (Å²) in [6.07, 6.45) is 0. The summed E-state index contributed by atoms with van der Waals surface area (Å²) >= 11 is 0. The van der Waals surface area contributed by atoms with E-state index in [2.05, 4.69) is 14.7 Å². The van der Waals surface area contributed by atoms with Crippen molar-refractivity contribution >= 4 is 23.1 Å². The van der Waals surface area contributed by atoms with Crippen molar-refractivity contribution in [2.24, 2.45) is 4.99 Å². The molecule has 0 fully saturated rings. The Bertz CT molecular complexity index is 943. The number of ketones is 1. The number of carbonyl (C=O) groups is 2. The zero-order chi connectivity index (χ0) is 18.7. The number of rotatable bonds is 4. The van der Waals surface area contributed by atoms with Crippen LogP contribution < -0.4 is 10.9 Å². The van der Waals surface area contributed by atoms with E-state index in [0.717, 1.165) is 6.92 Å². The highest BCUT2D eigenvalue weighted by Gasteiger charge is 2.23. The first-order valence-electron chi connectivity index (χ1n) is 7.24. The molecule has 3 N–H and O–H groups in total. The molecule has 0 radical (unpaired) electrons. The molecule has 8 nitrogen and oxygen atoms in total. The number of carbonyl (C=O) groups excluding carboxylic acids is 2. The number of nitrogens with zero attached hydrogens (tertiary/aromatic N) is 1. The van der Waals surface area contributed by atoms with Gasteiger partial charge in [-0.05, 0) is 32.0 Å². The molecule has 0 saturated carbocycles. The fraction of sp³-hybridized carbons (Fsp3) is 0.176. The van der Waals surface area contributed by atoms with Crippen LogP contribution in [0.2, 0.25) is 0 Å². The van der Waals surface area contributed by atoms with Crippen LogP contribution in [0.4, 0.5) is 5.69 Å². The predicted octanol–water partition coefficient (Wildman–Crippen LogP) is 1.75. The lowest BCUT2D eigenvalue weighted by Crippen LogP contribution is -2.17. The van der Waals surface area contributed by atoms with Crippen LogP contribution in [0.1, 0.15) is 40.1 Å². The van der Waals surface area contributed by atoms with Crippen molar-refractivity contribution < 1.29 is 24.2 Å². The van der Waals surface area contributed by atoms with Crippen LogP contribution in [0.15, 0.2) is 38.5 Å². The predicted molar refractivity (Wildman–Crippen MR) is 90.0 cm³/mol. The zero-order valence-corrected chi connectivity index (χ0v) is 13.8. The van der Waals surface area contributed by atoms with Crippen molar-refractivity contribution in [3.63, 3.8) is 0 Å². The van der Waals surface area contributed by atoms with Gasteiger partial charge in [-0.1, -0.05) is 6.07 Å². The first-order valence-corrected chi connectivity index (χ1v) is 7.24. The molecule has 25 heavy (non-hydrogen) atoms. The van der Waals surface area contributed by atoms with Gasteiger partial charge < -0.3 is 19.9 Å². The molecule has 130 valence electrons. The van der Waals surface area contributed by atoms with Crippen LogP contribution in [0.5, 0.6) is 11.7 Å². The number of aromatic hydroxyl groups is 2. The fourth-order valence-electron chi connectivity index (χ4n) is 2.26. The number of benzene rings is 1. The third-order valence-electron chi connectivity index (χ3n) is 3.43. The molecule has 0 aliphatic rings. The molecular formula is C17H16N2O6. The van der Waals surface area contributed by atoms with Gasteiger partial charge in [-0.25, -0.2) is 4.79 Å². The summed E-state index contributed by atoms with van der Waals surface area (Å²) in [5, 5.41) is 22.2. The monoisotopic (exact) mass is 344 g/mol. The first kappa shape index (κ1) is 17.9. The Kier molecular flexibility index (Phi) is 5.02. The zero-order valence-electron chi connectivity index (χ0n) is 13.8. The molecule has 0 atom stereocenters. The Balaban J connectivity index is 2.58. The van der Waals surface area contributed by atoms with Crippen molar-refractivity contribution in [1.82, 2.24) is 5.32 Å². The lowest BCUT2D eigenvalue weighted by atomic mass is 10.1. The molecule has 0 aliphatic heterocycles. The summed E-state index contributed by atoms with van der Waals surface area (Å²) < 4.78 is 4.59. The first-order chi connectivity index (χ1) is 11.8. The molecule has 0 unspecified atom stereocenters. The minimum absolute atomic E-state index is 0.0582. The van der Waals surface area contributed by atoms with E-state index in [1.165, 1.54) is 20.0 Å². The maximum atomic E-state index is 11.9. The topological polar surface area (TPSA) is 129 Å². The van der Waals surface area contributed by atoms with Gasteiger partial charge in [0.25, 0.3) is 11.9 Å². The normalized spacial score (nSPS) is 11.2. The summed E-state index contributed by atoms with van der Waals surface area (Å²) in [4.78, 5) is 39.3. The minimum Gasteiger partial charge on any atom is -0.506 e. The van der Waals surface area contributed by atoms with Crippen LogP contribution in [0.25, 0.3) is 0 Å². The van der Waals surface area contributed by atoms with Crippen LogP contribution in [-0.4, -0.2) is 34.7 Å². The Hall–Kier alpha value is -3.42. The number of amides is 1. The lowest BCUT2D eigenvalue weighted by Gasteiger charge is -2.08. The van der Waals surface area contributed by atoms with Gasteiger partial charge in [-0.3, -0.25) is 14.6 Å². The largest absolute Gasteiger partial charge is 0.506 e. The summed E-state index contributed by atoms with van der Waals surface area (Å²) in [7, 11) is 1.49. The number of nitrogens with one attached hydrogen (secondary N) is 1. The molecule has 2 aromatic rings. The van der Waals surface area contributed by atoms with Crippen molar-refractivity contribution in [3.05, 3.63) is 51.4 Å². The van der Waals surface area contributed by atoms with Crippen molar-refractivity contribution in [2.75, 3.05) is 7.05 Å². The standard InChI is InChI=1S/C17H16N2O6/c1-8(19-11-6-4-5-10(7-11)15(22)18-3)12-14(21)13(9(2)20)17(24)25-16(12)23/h4-7,21,24H,1-3H3,(H,18,22). The van der Waals surface area contributed by atoms with E-state index in [0.29, 0.717) is 11.3 Å². The van der Waals surface area contributed by atoms with Gasteiger partial charge in [0.1, 0.15) is 16.9 Å². The number of aliphatic imine (C=N–C) groups is 1. The van der Waals surface area contributed by atoms with E-state index in [1.807, 2.05) is 0 Å². The molecule has 0 spiro atoms. The van der Waals surface area contributed by atoms with E-state index in [4.69, 9.17) is 0 Å². The van der Waals surface area contributed by atoms with E-state index in [-0.39, 0.29) is 17.2 Å². The molecule has 2 rings (SSSR count). The van der Waals surface area contributed by atoms with Gasteiger partial charge in [-0.2, -0.15) is 0 Å². The van der Waals surface area contributed by atoms with Crippen LogP contribution in [0.3, 0.4) is 0 Å². The molecule has 1 amide bonds. The average Bonchev–Trinajstić information content (AvgIpc) is 2.53. The maximum absolute atomic E-state index is 11.9. The van der Waals surface area contributed by atoms with Crippen LogP contribution >= 0.6 is 0 Å². The molecule has 8 heteroatoms. The second kappa shape index (κ2) is 7.00. The molecule has 0 bridgehead atoms. The molecule has 0 saturated heterocycles. The third-order valence-corrected chi connectivity index (χ3v) is 3.43. The molecule has 1 aromatic heterocycles. The van der Waals surface area contributed by atoms with Crippen LogP contribution in [0, 0.1) is 0 Å². The molecule has 0 aliphatic carbocycles. The van der Waals surface area contributed by atoms with Crippen molar-refractivity contribution in [3.8, 4) is 11.7 Å². The van der Waals surface area contributed by atoms with Gasteiger partial charge in [-0.15, -0.1) is 0 Å². The quantitative estimate of drug-likeness (QED) is 0.572. The van der Waals surface area contributed by atoms with Gasteiger partial charge in [0.2, 0.25) is 0 Å². The van der Waals surface area contributed by atoms with E-state index in [9.17, 15) is 24.6 Å². The van der Waals surface area contributed by atoms with Gasteiger partial charge in [0, 0.05) is 12.6 Å². The Morgan fingerprint density at radius 3 is 2.44 bits per heavy atom. The van der Waals surface area contributed by atoms with E-state index in [1.54, 1.807) is 18.2 Å². The minimum atomic E-state index is -1.04. The highest BCUT2D eigenvalue weighted by atomic mass is 16.5. The Morgan fingerprint density at radius 1 is 1.16 bits per heavy atom. The molecular weight excluding hydrogens is 328 g/mol. The summed E-state index contributed by atoms with van der Waals surface area (Å²) in [6, 6.07) is 6.29.